The predicted octanol–water partition coefficient (Wildman–Crippen LogP) is 0.917. The molecule has 0 aromatic carbocycles. The van der Waals surface area contributed by atoms with Gasteiger partial charge in [0.25, 0.3) is 0 Å². The second-order valence-electron chi connectivity index (χ2n) is 5.16. The zero-order chi connectivity index (χ0) is 11.1. The van der Waals surface area contributed by atoms with Crippen molar-refractivity contribution in [3.63, 3.8) is 0 Å². The minimum absolute atomic E-state index is 0.152. The Morgan fingerprint density at radius 3 is 3.00 bits per heavy atom. The molecule has 0 radical (unpaired) electrons. The molecular weight excluding hydrogens is 190 g/mol. The quantitative estimate of drug-likeness (QED) is 0.678. The molecule has 1 heterocycles. The first-order valence-corrected chi connectivity index (χ1v) is 5.47. The van der Waals surface area contributed by atoms with E-state index < -0.39 is 0 Å². The van der Waals surface area contributed by atoms with Crippen molar-refractivity contribution in [3.8, 4) is 0 Å². The lowest BCUT2D eigenvalue weighted by atomic mass is 9.75. The number of nitrogens with zero attached hydrogens (tertiary/aromatic N) is 1. The van der Waals surface area contributed by atoms with Crippen LogP contribution in [-0.4, -0.2) is 21.8 Å². The van der Waals surface area contributed by atoms with Crippen LogP contribution in [0.2, 0.25) is 0 Å². The fourth-order valence-corrected chi connectivity index (χ4v) is 2.46. The summed E-state index contributed by atoms with van der Waals surface area (Å²) in [5.41, 5.74) is 8.69. The third-order valence-corrected chi connectivity index (χ3v) is 3.08. The number of fused-ring (bicyclic) bond motifs is 1. The summed E-state index contributed by atoms with van der Waals surface area (Å²) in [6.45, 7) is 4.92. The number of hydrogen-bond donors (Lipinski definition) is 3. The first kappa shape index (κ1) is 10.6. The number of hydrogen-bond acceptors (Lipinski definition) is 3. The van der Waals surface area contributed by atoms with E-state index in [1.165, 1.54) is 0 Å². The summed E-state index contributed by atoms with van der Waals surface area (Å²) in [6, 6.07) is 0. The lowest BCUT2D eigenvalue weighted by Crippen LogP contribution is -2.25. The third kappa shape index (κ3) is 1.92. The SMILES string of the molecule is CC1(C)Cc2[nH]nc(CCN)c2C(O)C1. The highest BCUT2D eigenvalue weighted by Gasteiger charge is 2.34. The van der Waals surface area contributed by atoms with Gasteiger partial charge in [-0.05, 0) is 24.8 Å². The maximum Gasteiger partial charge on any atom is 0.0831 e. The average Bonchev–Trinajstić information content (AvgIpc) is 2.46. The van der Waals surface area contributed by atoms with Gasteiger partial charge in [0.2, 0.25) is 0 Å². The van der Waals surface area contributed by atoms with E-state index in [0.717, 1.165) is 36.2 Å². The summed E-state index contributed by atoms with van der Waals surface area (Å²) in [5.74, 6) is 0. The molecule has 1 aliphatic rings. The van der Waals surface area contributed by atoms with Gasteiger partial charge in [-0.25, -0.2) is 0 Å². The molecular formula is C11H19N3O. The number of nitrogens with two attached hydrogens (primary N) is 1. The number of nitrogens with one attached hydrogen (secondary N) is 1. The number of aromatic amines is 1. The topological polar surface area (TPSA) is 74.9 Å². The van der Waals surface area contributed by atoms with Crippen LogP contribution in [0.25, 0.3) is 0 Å². The van der Waals surface area contributed by atoms with Crippen molar-refractivity contribution in [2.24, 2.45) is 11.1 Å². The Morgan fingerprint density at radius 1 is 1.60 bits per heavy atom. The van der Waals surface area contributed by atoms with E-state index in [1.54, 1.807) is 0 Å². The summed E-state index contributed by atoms with van der Waals surface area (Å²) in [6.07, 6.45) is 2.11. The number of aromatic nitrogens is 2. The maximum absolute atomic E-state index is 10.1. The number of H-pyrrole nitrogens is 1. The Hall–Kier alpha value is -0.870. The summed E-state index contributed by atoms with van der Waals surface area (Å²) in [5, 5.41) is 17.4. The van der Waals surface area contributed by atoms with E-state index in [4.69, 9.17) is 5.73 Å². The minimum atomic E-state index is -0.385. The highest BCUT2D eigenvalue weighted by Crippen LogP contribution is 2.41. The Bertz CT molecular complexity index is 357. The molecule has 1 aromatic heterocycles. The van der Waals surface area contributed by atoms with Crippen LogP contribution in [0.1, 0.15) is 43.3 Å². The van der Waals surface area contributed by atoms with Crippen LogP contribution >= 0.6 is 0 Å². The Kier molecular flexibility index (Phi) is 2.56. The van der Waals surface area contributed by atoms with Crippen LogP contribution in [-0.2, 0) is 12.8 Å². The van der Waals surface area contributed by atoms with Crippen molar-refractivity contribution in [1.82, 2.24) is 10.2 Å². The molecule has 0 fully saturated rings. The lowest BCUT2D eigenvalue weighted by molar-refractivity contribution is 0.0985. The Morgan fingerprint density at radius 2 is 2.33 bits per heavy atom. The van der Waals surface area contributed by atoms with Crippen molar-refractivity contribution >= 4 is 0 Å². The normalized spacial score (nSPS) is 23.9. The number of aliphatic hydroxyl groups is 1. The molecule has 0 spiro atoms. The zero-order valence-corrected chi connectivity index (χ0v) is 9.38. The van der Waals surface area contributed by atoms with Crippen molar-refractivity contribution in [2.45, 2.75) is 39.2 Å². The molecule has 1 atom stereocenters. The van der Waals surface area contributed by atoms with Gasteiger partial charge < -0.3 is 10.8 Å². The van der Waals surface area contributed by atoms with Crippen LogP contribution < -0.4 is 5.73 Å². The average molecular weight is 209 g/mol. The molecule has 0 amide bonds. The predicted molar refractivity (Wildman–Crippen MR) is 58.4 cm³/mol. The van der Waals surface area contributed by atoms with Gasteiger partial charge in [-0.15, -0.1) is 0 Å². The van der Waals surface area contributed by atoms with Crippen LogP contribution in [0.3, 0.4) is 0 Å². The van der Waals surface area contributed by atoms with Gasteiger partial charge in [-0.2, -0.15) is 5.10 Å². The highest BCUT2D eigenvalue weighted by atomic mass is 16.3. The van der Waals surface area contributed by atoms with Gasteiger partial charge >= 0.3 is 0 Å². The fraction of sp³-hybridized carbons (Fsp3) is 0.727. The molecule has 15 heavy (non-hydrogen) atoms. The van der Waals surface area contributed by atoms with Crippen LogP contribution in [0, 0.1) is 5.41 Å². The van der Waals surface area contributed by atoms with Gasteiger partial charge in [-0.1, -0.05) is 13.8 Å². The van der Waals surface area contributed by atoms with Gasteiger partial charge in [0.05, 0.1) is 11.8 Å². The molecule has 0 saturated heterocycles. The highest BCUT2D eigenvalue weighted by molar-refractivity contribution is 5.31. The number of rotatable bonds is 2. The lowest BCUT2D eigenvalue weighted by Gasteiger charge is -2.32. The number of aliphatic hydroxyl groups excluding tert-OH is 1. The van der Waals surface area contributed by atoms with E-state index in [0.29, 0.717) is 6.54 Å². The van der Waals surface area contributed by atoms with Gasteiger partial charge in [0.15, 0.2) is 0 Å². The first-order valence-electron chi connectivity index (χ1n) is 5.47. The second-order valence-corrected chi connectivity index (χ2v) is 5.16. The molecule has 4 heteroatoms. The van der Waals surface area contributed by atoms with Gasteiger partial charge in [-0.3, -0.25) is 5.10 Å². The van der Waals surface area contributed by atoms with E-state index in [-0.39, 0.29) is 11.5 Å². The van der Waals surface area contributed by atoms with Crippen LogP contribution in [0.15, 0.2) is 0 Å². The molecule has 0 bridgehead atoms. The smallest absolute Gasteiger partial charge is 0.0831 e. The Labute approximate surface area is 89.9 Å². The molecule has 1 aliphatic carbocycles. The molecule has 1 aromatic rings. The monoisotopic (exact) mass is 209 g/mol. The molecule has 0 saturated carbocycles. The molecule has 4 N–H and O–H groups in total. The van der Waals surface area contributed by atoms with Crippen LogP contribution in [0.5, 0.6) is 0 Å². The maximum atomic E-state index is 10.1. The summed E-state index contributed by atoms with van der Waals surface area (Å²) in [4.78, 5) is 0. The van der Waals surface area contributed by atoms with Gasteiger partial charge in [0.1, 0.15) is 0 Å². The largest absolute Gasteiger partial charge is 0.388 e. The first-order chi connectivity index (χ1) is 7.03. The zero-order valence-electron chi connectivity index (χ0n) is 9.38. The molecule has 1 unspecified atom stereocenters. The fourth-order valence-electron chi connectivity index (χ4n) is 2.46. The molecule has 2 rings (SSSR count). The van der Waals surface area contributed by atoms with Crippen molar-refractivity contribution < 1.29 is 5.11 Å². The van der Waals surface area contributed by atoms with Crippen molar-refractivity contribution in [2.75, 3.05) is 6.54 Å². The summed E-state index contributed by atoms with van der Waals surface area (Å²) >= 11 is 0. The van der Waals surface area contributed by atoms with E-state index in [1.807, 2.05) is 0 Å². The molecule has 0 aliphatic heterocycles. The third-order valence-electron chi connectivity index (χ3n) is 3.08. The van der Waals surface area contributed by atoms with E-state index in [9.17, 15) is 5.11 Å². The summed E-state index contributed by atoms with van der Waals surface area (Å²) < 4.78 is 0. The van der Waals surface area contributed by atoms with Crippen molar-refractivity contribution in [3.05, 3.63) is 17.0 Å². The molecule has 4 nitrogen and oxygen atoms in total. The van der Waals surface area contributed by atoms with Crippen LogP contribution in [0.4, 0.5) is 0 Å². The van der Waals surface area contributed by atoms with E-state index in [2.05, 4.69) is 24.0 Å². The standard InChI is InChI=1S/C11H19N3O/c1-11(2)5-8-10(9(15)6-11)7(3-4-12)13-14-8/h9,15H,3-6,12H2,1-2H3,(H,13,14). The second kappa shape index (κ2) is 3.61. The van der Waals surface area contributed by atoms with E-state index >= 15 is 0 Å². The summed E-state index contributed by atoms with van der Waals surface area (Å²) in [7, 11) is 0. The van der Waals surface area contributed by atoms with Gasteiger partial charge in [0, 0.05) is 17.7 Å². The Balaban J connectivity index is 2.34. The minimum Gasteiger partial charge on any atom is -0.388 e. The molecule has 84 valence electrons. The van der Waals surface area contributed by atoms with Crippen molar-refractivity contribution in [1.29, 1.82) is 0 Å².